The molecule has 0 saturated carbocycles. The van der Waals surface area contributed by atoms with Crippen molar-refractivity contribution in [2.24, 2.45) is 10.2 Å². The van der Waals surface area contributed by atoms with Gasteiger partial charge in [0.05, 0.1) is 25.2 Å². The van der Waals surface area contributed by atoms with E-state index in [1.54, 1.807) is 25.1 Å². The van der Waals surface area contributed by atoms with Crippen LogP contribution >= 0.6 is 11.8 Å². The number of benzene rings is 1. The SMILES string of the molecule is CCOC(=O)COc1ccc(C=NN=C2NC(=O)CS2)cc1OCC. The van der Waals surface area contributed by atoms with Crippen LogP contribution in [0.5, 0.6) is 11.5 Å². The number of amides is 1. The van der Waals surface area contributed by atoms with E-state index in [1.165, 1.54) is 18.0 Å². The highest BCUT2D eigenvalue weighted by Crippen LogP contribution is 2.28. The van der Waals surface area contributed by atoms with Crippen molar-refractivity contribution in [2.75, 3.05) is 25.6 Å². The van der Waals surface area contributed by atoms with E-state index < -0.39 is 5.97 Å². The van der Waals surface area contributed by atoms with Crippen molar-refractivity contribution in [3.05, 3.63) is 23.8 Å². The normalized spacial score (nSPS) is 15.4. The minimum Gasteiger partial charge on any atom is -0.490 e. The molecule has 2 rings (SSSR count). The summed E-state index contributed by atoms with van der Waals surface area (Å²) in [7, 11) is 0. The van der Waals surface area contributed by atoms with Crippen molar-refractivity contribution in [2.45, 2.75) is 13.8 Å². The summed E-state index contributed by atoms with van der Waals surface area (Å²) in [5.41, 5.74) is 0.741. The maximum atomic E-state index is 11.4. The molecule has 0 aliphatic carbocycles. The average Bonchev–Trinajstić information content (AvgIpc) is 3.00. The number of rotatable bonds is 8. The summed E-state index contributed by atoms with van der Waals surface area (Å²) < 4.78 is 15.8. The molecule has 1 aromatic rings. The first kappa shape index (κ1) is 18.8. The number of ether oxygens (including phenoxy) is 3. The van der Waals surface area contributed by atoms with Gasteiger partial charge in [0.1, 0.15) is 0 Å². The lowest BCUT2D eigenvalue weighted by Crippen LogP contribution is -2.19. The zero-order valence-electron chi connectivity index (χ0n) is 14.0. The van der Waals surface area contributed by atoms with Gasteiger partial charge in [-0.3, -0.25) is 4.79 Å². The fourth-order valence-electron chi connectivity index (χ4n) is 1.86. The molecule has 0 bridgehead atoms. The van der Waals surface area contributed by atoms with Gasteiger partial charge in [-0.15, -0.1) is 5.10 Å². The molecular weight excluding hydrogens is 346 g/mol. The van der Waals surface area contributed by atoms with Crippen LogP contribution in [0.1, 0.15) is 19.4 Å². The molecule has 0 aromatic heterocycles. The van der Waals surface area contributed by atoms with E-state index in [0.717, 1.165) is 5.56 Å². The van der Waals surface area contributed by atoms with Gasteiger partial charge in [0.2, 0.25) is 5.91 Å². The summed E-state index contributed by atoms with van der Waals surface area (Å²) >= 11 is 1.30. The van der Waals surface area contributed by atoms with Gasteiger partial charge in [-0.1, -0.05) is 11.8 Å². The lowest BCUT2D eigenvalue weighted by Gasteiger charge is -2.12. The van der Waals surface area contributed by atoms with Crippen molar-refractivity contribution in [1.29, 1.82) is 0 Å². The minimum atomic E-state index is -0.442. The molecule has 25 heavy (non-hydrogen) atoms. The van der Waals surface area contributed by atoms with E-state index in [2.05, 4.69) is 15.5 Å². The number of esters is 1. The number of amidine groups is 1. The summed E-state index contributed by atoms with van der Waals surface area (Å²) in [6, 6.07) is 5.17. The van der Waals surface area contributed by atoms with Crippen molar-refractivity contribution >= 4 is 35.0 Å². The second kappa shape index (κ2) is 9.67. The molecule has 1 aliphatic heterocycles. The van der Waals surface area contributed by atoms with Crippen LogP contribution in [0.15, 0.2) is 28.4 Å². The van der Waals surface area contributed by atoms with Crippen molar-refractivity contribution in [1.82, 2.24) is 5.32 Å². The van der Waals surface area contributed by atoms with E-state index in [1.807, 2.05) is 6.92 Å². The third-order valence-electron chi connectivity index (χ3n) is 2.86. The fraction of sp³-hybridized carbons (Fsp3) is 0.375. The number of nitrogens with one attached hydrogen (secondary N) is 1. The number of carbonyl (C=O) groups is 2. The van der Waals surface area contributed by atoms with E-state index >= 15 is 0 Å². The minimum absolute atomic E-state index is 0.0827. The van der Waals surface area contributed by atoms with Gasteiger partial charge in [0, 0.05) is 0 Å². The molecule has 1 saturated heterocycles. The number of carbonyl (C=O) groups excluding carboxylic acids is 2. The second-order valence-corrected chi connectivity index (χ2v) is 5.68. The Balaban J connectivity index is 2.04. The lowest BCUT2D eigenvalue weighted by molar-refractivity contribution is -0.145. The Morgan fingerprint density at radius 3 is 2.80 bits per heavy atom. The standard InChI is InChI=1S/C16H19N3O5S/c1-3-22-13-7-11(8-17-19-16-18-14(20)10-25-16)5-6-12(13)24-9-15(21)23-4-2/h5-8H,3-4,9-10H2,1-2H3,(H,18,19,20). The molecule has 0 radical (unpaired) electrons. The molecule has 8 nitrogen and oxygen atoms in total. The number of thioether (sulfide) groups is 1. The molecular formula is C16H19N3O5S. The van der Waals surface area contributed by atoms with Crippen molar-refractivity contribution < 1.29 is 23.8 Å². The summed E-state index contributed by atoms with van der Waals surface area (Å²) in [5.74, 6) is 0.766. The molecule has 1 aromatic carbocycles. The Hall–Kier alpha value is -2.55. The quantitative estimate of drug-likeness (QED) is 0.427. The molecule has 1 aliphatic rings. The Morgan fingerprint density at radius 1 is 1.28 bits per heavy atom. The molecule has 134 valence electrons. The third-order valence-corrected chi connectivity index (χ3v) is 3.72. The van der Waals surface area contributed by atoms with E-state index in [9.17, 15) is 9.59 Å². The first-order valence-corrected chi connectivity index (χ1v) is 8.69. The summed E-state index contributed by atoms with van der Waals surface area (Å²) in [6.45, 7) is 4.14. The van der Waals surface area contributed by atoms with Crippen molar-refractivity contribution in [3.63, 3.8) is 0 Å². The van der Waals surface area contributed by atoms with Gasteiger partial charge < -0.3 is 19.5 Å². The monoisotopic (exact) mass is 365 g/mol. The van der Waals surface area contributed by atoms with Gasteiger partial charge in [-0.05, 0) is 37.6 Å². The molecule has 1 amide bonds. The largest absolute Gasteiger partial charge is 0.490 e. The molecule has 0 atom stereocenters. The van der Waals surface area contributed by atoms with Gasteiger partial charge in [0.25, 0.3) is 0 Å². The second-order valence-electron chi connectivity index (χ2n) is 4.72. The Bertz CT molecular complexity index is 690. The number of hydrogen-bond acceptors (Lipinski definition) is 8. The van der Waals surface area contributed by atoms with E-state index in [4.69, 9.17) is 14.2 Å². The highest BCUT2D eigenvalue weighted by atomic mass is 32.2. The maximum Gasteiger partial charge on any atom is 0.344 e. The van der Waals surface area contributed by atoms with Crippen LogP contribution in [0, 0.1) is 0 Å². The van der Waals surface area contributed by atoms with Gasteiger partial charge in [-0.25, -0.2) is 4.79 Å². The zero-order valence-corrected chi connectivity index (χ0v) is 14.8. The van der Waals surface area contributed by atoms with Crippen LogP contribution in [0.25, 0.3) is 0 Å². The van der Waals surface area contributed by atoms with Crippen molar-refractivity contribution in [3.8, 4) is 11.5 Å². The Morgan fingerprint density at radius 2 is 2.12 bits per heavy atom. The van der Waals surface area contributed by atoms with Crippen LogP contribution in [-0.2, 0) is 14.3 Å². The third kappa shape index (κ3) is 6.11. The van der Waals surface area contributed by atoms with E-state index in [-0.39, 0.29) is 12.5 Å². The Kier molecular flexibility index (Phi) is 7.27. The van der Waals surface area contributed by atoms with Crippen LogP contribution < -0.4 is 14.8 Å². The predicted octanol–water partition coefficient (Wildman–Crippen LogP) is 1.58. The maximum absolute atomic E-state index is 11.4. The molecule has 1 heterocycles. The average molecular weight is 365 g/mol. The van der Waals surface area contributed by atoms with Crippen LogP contribution in [0.2, 0.25) is 0 Å². The molecule has 1 N–H and O–H groups in total. The molecule has 1 fully saturated rings. The highest BCUT2D eigenvalue weighted by Gasteiger charge is 2.16. The van der Waals surface area contributed by atoms with Gasteiger partial charge >= 0.3 is 5.97 Å². The Labute approximate surface area is 149 Å². The van der Waals surface area contributed by atoms with Gasteiger partial charge in [-0.2, -0.15) is 5.10 Å². The first-order chi connectivity index (χ1) is 12.1. The topological polar surface area (TPSA) is 98.6 Å². The summed E-state index contributed by atoms with van der Waals surface area (Å²) in [5, 5.41) is 10.9. The molecule has 0 spiro atoms. The first-order valence-electron chi connectivity index (χ1n) is 7.71. The van der Waals surface area contributed by atoms with Crippen LogP contribution in [0.4, 0.5) is 0 Å². The van der Waals surface area contributed by atoms with Crippen LogP contribution in [-0.4, -0.2) is 48.8 Å². The zero-order chi connectivity index (χ0) is 18.1. The fourth-order valence-corrected chi connectivity index (χ4v) is 2.49. The number of hydrogen-bond donors (Lipinski definition) is 1. The summed E-state index contributed by atoms with van der Waals surface area (Å²) in [4.78, 5) is 22.5. The molecule has 0 unspecified atom stereocenters. The summed E-state index contributed by atoms with van der Waals surface area (Å²) in [6.07, 6.45) is 1.54. The number of nitrogens with zero attached hydrogens (tertiary/aromatic N) is 2. The van der Waals surface area contributed by atoms with Gasteiger partial charge in [0.15, 0.2) is 23.3 Å². The predicted molar refractivity (Wildman–Crippen MR) is 95.4 cm³/mol. The van der Waals surface area contributed by atoms with Crippen LogP contribution in [0.3, 0.4) is 0 Å². The van der Waals surface area contributed by atoms with E-state index in [0.29, 0.717) is 35.6 Å². The lowest BCUT2D eigenvalue weighted by atomic mass is 10.2. The smallest absolute Gasteiger partial charge is 0.344 e. The highest BCUT2D eigenvalue weighted by molar-refractivity contribution is 8.15. The molecule has 9 heteroatoms.